The Balaban J connectivity index is 0.000000196. The minimum absolute atomic E-state index is 0.132. The van der Waals surface area contributed by atoms with E-state index in [2.05, 4.69) is 67.2 Å². The fraction of sp³-hybridized carbons (Fsp3) is 0.500. The third-order valence-corrected chi connectivity index (χ3v) is 7.06. The van der Waals surface area contributed by atoms with Crippen molar-refractivity contribution < 1.29 is 9.47 Å². The summed E-state index contributed by atoms with van der Waals surface area (Å²) in [5.74, 6) is 1.10. The maximum Gasteiger partial charge on any atom is 0.282 e. The maximum atomic E-state index is 5.91. The zero-order valence-electron chi connectivity index (χ0n) is 21.1. The van der Waals surface area contributed by atoms with Crippen LogP contribution in [0.15, 0.2) is 64.6 Å². The Morgan fingerprint density at radius 3 is 2.29 bits per heavy atom. The first-order valence-corrected chi connectivity index (χ1v) is 12.9. The van der Waals surface area contributed by atoms with E-state index in [4.69, 9.17) is 32.5 Å². The maximum absolute atomic E-state index is 5.91. The lowest BCUT2D eigenvalue weighted by Gasteiger charge is -2.20. The molecule has 4 atom stereocenters. The first-order valence-electron chi connectivity index (χ1n) is 12.5. The van der Waals surface area contributed by atoms with Gasteiger partial charge in [0.1, 0.15) is 13.2 Å². The quantitative estimate of drug-likeness (QED) is 0.443. The van der Waals surface area contributed by atoms with Crippen molar-refractivity contribution in [3.05, 3.63) is 70.7 Å². The van der Waals surface area contributed by atoms with E-state index < -0.39 is 0 Å². The second kappa shape index (κ2) is 12.8. The largest absolute Gasteiger partial charge is 0.463 e. The SMILES string of the molecule is CC(CC[C@@]1(C)COC(N)=N1)c1ccccc1.CCC(CC[C@H]1COC(N)=N1)c1ccc(Cl)cc1. The van der Waals surface area contributed by atoms with Crippen LogP contribution in [0.5, 0.6) is 0 Å². The lowest BCUT2D eigenvalue weighted by molar-refractivity contribution is 0.250. The van der Waals surface area contributed by atoms with E-state index in [0.717, 1.165) is 37.1 Å². The Morgan fingerprint density at radius 2 is 1.71 bits per heavy atom. The smallest absolute Gasteiger partial charge is 0.282 e. The topological polar surface area (TPSA) is 95.2 Å². The van der Waals surface area contributed by atoms with E-state index in [1.54, 1.807) is 0 Å². The van der Waals surface area contributed by atoms with Crippen LogP contribution in [-0.2, 0) is 9.47 Å². The molecule has 2 aliphatic heterocycles. The predicted molar refractivity (Wildman–Crippen MR) is 145 cm³/mol. The molecule has 2 aliphatic rings. The van der Waals surface area contributed by atoms with Crippen LogP contribution in [0.25, 0.3) is 0 Å². The van der Waals surface area contributed by atoms with Gasteiger partial charge >= 0.3 is 0 Å². The molecule has 2 aromatic carbocycles. The molecule has 2 heterocycles. The van der Waals surface area contributed by atoms with E-state index in [9.17, 15) is 0 Å². The van der Waals surface area contributed by atoms with E-state index in [1.807, 2.05) is 18.2 Å². The molecule has 0 bridgehead atoms. The van der Waals surface area contributed by atoms with Gasteiger partial charge in [-0.25, -0.2) is 9.98 Å². The van der Waals surface area contributed by atoms with Gasteiger partial charge in [0, 0.05) is 5.02 Å². The van der Waals surface area contributed by atoms with Crippen molar-refractivity contribution in [1.82, 2.24) is 0 Å². The van der Waals surface area contributed by atoms with Crippen molar-refractivity contribution in [2.45, 2.75) is 76.3 Å². The van der Waals surface area contributed by atoms with Gasteiger partial charge in [-0.05, 0) is 74.1 Å². The lowest BCUT2D eigenvalue weighted by atomic mass is 9.89. The Hall–Kier alpha value is -2.73. The first kappa shape index (κ1) is 26.9. The summed E-state index contributed by atoms with van der Waals surface area (Å²) in [6.45, 7) is 7.80. The highest BCUT2D eigenvalue weighted by Crippen LogP contribution is 2.29. The number of rotatable bonds is 9. The van der Waals surface area contributed by atoms with Crippen LogP contribution in [0.1, 0.15) is 75.8 Å². The second-order valence-electron chi connectivity index (χ2n) is 9.75. The summed E-state index contributed by atoms with van der Waals surface area (Å²) in [4.78, 5) is 8.61. The second-order valence-corrected chi connectivity index (χ2v) is 10.2. The molecular formula is C28H39ClN4O2. The van der Waals surface area contributed by atoms with Gasteiger partial charge in [-0.15, -0.1) is 0 Å². The highest BCUT2D eigenvalue weighted by molar-refractivity contribution is 6.30. The van der Waals surface area contributed by atoms with Crippen molar-refractivity contribution in [2.24, 2.45) is 21.5 Å². The molecule has 0 fully saturated rings. The standard InChI is InChI=1S/C14H19ClN2O.C14H20N2O/c1-2-10(11-3-6-12(15)7-4-11)5-8-13-9-18-14(16)17-13;1-11(12-6-4-3-5-7-12)8-9-14(2)10-17-13(15)16-14/h3-4,6-7,10,13H,2,5,8-9H2,1H3,(H2,16,17);3-7,11H,8-10H2,1-2H3,(H2,15,16)/t10?,13-;11?,14-/m00/s1. The average Bonchev–Trinajstić information content (AvgIpc) is 3.44. The van der Waals surface area contributed by atoms with Crippen LogP contribution in [0.2, 0.25) is 5.02 Å². The van der Waals surface area contributed by atoms with E-state index >= 15 is 0 Å². The molecule has 0 saturated carbocycles. The van der Waals surface area contributed by atoms with Crippen LogP contribution in [0.3, 0.4) is 0 Å². The van der Waals surface area contributed by atoms with Crippen LogP contribution in [-0.4, -0.2) is 36.8 Å². The van der Waals surface area contributed by atoms with Crippen LogP contribution in [0, 0.1) is 0 Å². The number of hydrogen-bond donors (Lipinski definition) is 2. The van der Waals surface area contributed by atoms with Gasteiger partial charge in [0.2, 0.25) is 0 Å². The van der Waals surface area contributed by atoms with Crippen molar-refractivity contribution in [3.8, 4) is 0 Å². The lowest BCUT2D eigenvalue weighted by Crippen LogP contribution is -2.24. The molecule has 35 heavy (non-hydrogen) atoms. The number of halogens is 1. The van der Waals surface area contributed by atoms with Gasteiger partial charge in [0.25, 0.3) is 12.0 Å². The Labute approximate surface area is 214 Å². The van der Waals surface area contributed by atoms with Gasteiger partial charge in [0.05, 0.1) is 11.6 Å². The normalized spacial score (nSPS) is 22.7. The average molecular weight is 499 g/mol. The van der Waals surface area contributed by atoms with E-state index in [1.165, 1.54) is 11.1 Å². The summed E-state index contributed by atoms with van der Waals surface area (Å²) in [6, 6.07) is 19.6. The number of benzene rings is 2. The summed E-state index contributed by atoms with van der Waals surface area (Å²) < 4.78 is 10.4. The zero-order chi connectivity index (χ0) is 25.3. The molecule has 7 heteroatoms. The van der Waals surface area contributed by atoms with Crippen molar-refractivity contribution >= 4 is 23.6 Å². The molecule has 0 aliphatic carbocycles. The highest BCUT2D eigenvalue weighted by Gasteiger charge is 2.30. The van der Waals surface area contributed by atoms with Gasteiger partial charge in [0.15, 0.2) is 0 Å². The van der Waals surface area contributed by atoms with Crippen LogP contribution < -0.4 is 11.5 Å². The van der Waals surface area contributed by atoms with Crippen LogP contribution >= 0.6 is 11.6 Å². The number of hydrogen-bond acceptors (Lipinski definition) is 6. The van der Waals surface area contributed by atoms with E-state index in [0.29, 0.717) is 37.1 Å². The summed E-state index contributed by atoms with van der Waals surface area (Å²) in [5.41, 5.74) is 13.7. The molecular weight excluding hydrogens is 460 g/mol. The van der Waals surface area contributed by atoms with Gasteiger partial charge in [-0.3, -0.25) is 0 Å². The van der Waals surface area contributed by atoms with Crippen LogP contribution in [0.4, 0.5) is 0 Å². The monoisotopic (exact) mass is 498 g/mol. The predicted octanol–water partition coefficient (Wildman–Crippen LogP) is 6.00. The zero-order valence-corrected chi connectivity index (χ0v) is 21.9. The number of aliphatic imine (C=N–C) groups is 2. The van der Waals surface area contributed by atoms with Crippen molar-refractivity contribution in [3.63, 3.8) is 0 Å². The number of nitrogens with zero attached hydrogens (tertiary/aromatic N) is 2. The number of ether oxygens (including phenoxy) is 2. The molecule has 0 radical (unpaired) electrons. The first-order chi connectivity index (χ1) is 16.8. The fourth-order valence-electron chi connectivity index (χ4n) is 4.48. The Kier molecular flexibility index (Phi) is 9.84. The molecule has 2 aromatic rings. The Bertz CT molecular complexity index is 980. The molecule has 190 valence electrons. The van der Waals surface area contributed by atoms with Gasteiger partial charge < -0.3 is 20.9 Å². The minimum Gasteiger partial charge on any atom is -0.463 e. The van der Waals surface area contributed by atoms with Gasteiger partial charge in [-0.2, -0.15) is 0 Å². The summed E-state index contributed by atoms with van der Waals surface area (Å²) in [6.07, 6.45) is 5.34. The number of amidine groups is 2. The highest BCUT2D eigenvalue weighted by atomic mass is 35.5. The summed E-state index contributed by atoms with van der Waals surface area (Å²) in [7, 11) is 0. The molecule has 0 spiro atoms. The van der Waals surface area contributed by atoms with Crippen molar-refractivity contribution in [1.29, 1.82) is 0 Å². The molecule has 6 nitrogen and oxygen atoms in total. The minimum atomic E-state index is -0.132. The van der Waals surface area contributed by atoms with Gasteiger partial charge in [-0.1, -0.05) is 67.9 Å². The summed E-state index contributed by atoms with van der Waals surface area (Å²) in [5, 5.41) is 0.787. The molecule has 0 aromatic heterocycles. The molecule has 2 unspecified atom stereocenters. The number of nitrogens with two attached hydrogens (primary N) is 2. The van der Waals surface area contributed by atoms with Crippen molar-refractivity contribution in [2.75, 3.05) is 13.2 Å². The molecule has 0 saturated heterocycles. The molecule has 4 N–H and O–H groups in total. The summed E-state index contributed by atoms with van der Waals surface area (Å²) >= 11 is 5.91. The molecule has 0 amide bonds. The fourth-order valence-corrected chi connectivity index (χ4v) is 4.61. The molecule has 4 rings (SSSR count). The Morgan fingerprint density at radius 1 is 1.00 bits per heavy atom. The third-order valence-electron chi connectivity index (χ3n) is 6.81. The third kappa shape index (κ3) is 8.46. The van der Waals surface area contributed by atoms with E-state index in [-0.39, 0.29) is 11.6 Å².